The van der Waals surface area contributed by atoms with E-state index in [9.17, 15) is 9.59 Å². The van der Waals surface area contributed by atoms with E-state index in [0.717, 1.165) is 10.8 Å². The van der Waals surface area contributed by atoms with Crippen molar-refractivity contribution in [1.29, 1.82) is 0 Å². The predicted octanol–water partition coefficient (Wildman–Crippen LogP) is -0.672. The third-order valence-electron chi connectivity index (χ3n) is 1.11. The van der Waals surface area contributed by atoms with Crippen molar-refractivity contribution >= 4 is 5.97 Å². The molecule has 0 radical (unpaired) electrons. The maximum absolute atomic E-state index is 10.8. The van der Waals surface area contributed by atoms with Crippen molar-refractivity contribution in [2.75, 3.05) is 0 Å². The number of carbonyl (C=O) groups is 1. The monoisotopic (exact) mass is 154 g/mol. The molecule has 11 heavy (non-hydrogen) atoms. The van der Waals surface area contributed by atoms with Gasteiger partial charge < -0.3 is 9.67 Å². The number of nitrogens with zero attached hydrogens (tertiary/aromatic N) is 2. The van der Waals surface area contributed by atoms with Crippen molar-refractivity contribution in [3.8, 4) is 0 Å². The van der Waals surface area contributed by atoms with Crippen LogP contribution in [-0.4, -0.2) is 20.6 Å². The van der Waals surface area contributed by atoms with Crippen LogP contribution in [0.1, 0.15) is 0 Å². The van der Waals surface area contributed by atoms with E-state index < -0.39 is 11.5 Å². The van der Waals surface area contributed by atoms with Crippen molar-refractivity contribution in [3.63, 3.8) is 0 Å². The SMILES string of the molecule is O=C(O)Cn1ccncc1=O. The third-order valence-corrected chi connectivity index (χ3v) is 1.11. The Morgan fingerprint density at radius 2 is 2.45 bits per heavy atom. The van der Waals surface area contributed by atoms with Crippen molar-refractivity contribution in [1.82, 2.24) is 9.55 Å². The fourth-order valence-electron chi connectivity index (χ4n) is 0.650. The Balaban J connectivity index is 2.95. The second kappa shape index (κ2) is 2.96. The first-order valence-electron chi connectivity index (χ1n) is 2.92. The normalized spacial score (nSPS) is 9.45. The van der Waals surface area contributed by atoms with Gasteiger partial charge in [-0.2, -0.15) is 0 Å². The summed E-state index contributed by atoms with van der Waals surface area (Å²) in [6.07, 6.45) is 3.77. The van der Waals surface area contributed by atoms with E-state index in [1.165, 1.54) is 12.4 Å². The summed E-state index contributed by atoms with van der Waals surface area (Å²) in [5, 5.41) is 8.31. The molecule has 0 aliphatic heterocycles. The van der Waals surface area contributed by atoms with Crippen LogP contribution in [0.3, 0.4) is 0 Å². The lowest BCUT2D eigenvalue weighted by Gasteiger charge is -1.97. The molecule has 1 aromatic rings. The van der Waals surface area contributed by atoms with Crippen LogP contribution in [0, 0.1) is 0 Å². The summed E-state index contributed by atoms with van der Waals surface area (Å²) in [5.74, 6) is -1.04. The lowest BCUT2D eigenvalue weighted by molar-refractivity contribution is -0.137. The lowest BCUT2D eigenvalue weighted by Crippen LogP contribution is -2.22. The molecule has 0 aromatic carbocycles. The molecule has 5 heteroatoms. The predicted molar refractivity (Wildman–Crippen MR) is 36.1 cm³/mol. The van der Waals surface area contributed by atoms with Gasteiger partial charge in [-0.1, -0.05) is 0 Å². The average Bonchev–Trinajstić information content (AvgIpc) is 1.93. The Morgan fingerprint density at radius 3 is 3.00 bits per heavy atom. The zero-order valence-electron chi connectivity index (χ0n) is 5.60. The number of hydrogen-bond donors (Lipinski definition) is 1. The Morgan fingerprint density at radius 1 is 1.73 bits per heavy atom. The maximum Gasteiger partial charge on any atom is 0.323 e. The molecule has 0 saturated carbocycles. The van der Waals surface area contributed by atoms with E-state index in [2.05, 4.69) is 4.98 Å². The summed E-state index contributed by atoms with van der Waals surface area (Å²) in [5.41, 5.74) is -0.408. The van der Waals surface area contributed by atoms with E-state index >= 15 is 0 Å². The fourth-order valence-corrected chi connectivity index (χ4v) is 0.650. The van der Waals surface area contributed by atoms with Crippen molar-refractivity contribution in [3.05, 3.63) is 28.9 Å². The zero-order valence-corrected chi connectivity index (χ0v) is 5.60. The van der Waals surface area contributed by atoms with Gasteiger partial charge in [-0.05, 0) is 0 Å². The number of aliphatic carboxylic acids is 1. The molecule has 1 heterocycles. The summed E-state index contributed by atoms with van der Waals surface area (Å²) in [7, 11) is 0. The van der Waals surface area contributed by atoms with Gasteiger partial charge in [0.25, 0.3) is 5.56 Å². The van der Waals surface area contributed by atoms with Gasteiger partial charge in [-0.3, -0.25) is 14.6 Å². The van der Waals surface area contributed by atoms with Crippen LogP contribution < -0.4 is 5.56 Å². The minimum absolute atomic E-state index is 0.318. The van der Waals surface area contributed by atoms with Gasteiger partial charge in [0.15, 0.2) is 0 Å². The van der Waals surface area contributed by atoms with Crippen LogP contribution in [0.5, 0.6) is 0 Å². The Hall–Kier alpha value is -1.65. The Labute approximate surface area is 61.9 Å². The minimum atomic E-state index is -1.04. The Bertz CT molecular complexity index is 318. The zero-order chi connectivity index (χ0) is 8.27. The van der Waals surface area contributed by atoms with E-state index in [-0.39, 0.29) is 6.54 Å². The van der Waals surface area contributed by atoms with Gasteiger partial charge in [-0.25, -0.2) is 0 Å². The number of rotatable bonds is 2. The highest BCUT2D eigenvalue weighted by Gasteiger charge is 1.98. The van der Waals surface area contributed by atoms with E-state index in [0.29, 0.717) is 0 Å². The highest BCUT2D eigenvalue weighted by atomic mass is 16.4. The van der Waals surface area contributed by atoms with Gasteiger partial charge in [-0.15, -0.1) is 0 Å². The lowest BCUT2D eigenvalue weighted by atomic mass is 10.6. The molecule has 0 unspecified atom stereocenters. The summed E-state index contributed by atoms with van der Waals surface area (Å²) < 4.78 is 1.06. The number of aromatic nitrogens is 2. The first kappa shape index (κ1) is 7.46. The highest BCUT2D eigenvalue weighted by molar-refractivity contribution is 5.66. The highest BCUT2D eigenvalue weighted by Crippen LogP contribution is 1.77. The summed E-state index contributed by atoms with van der Waals surface area (Å²) in [4.78, 5) is 24.5. The molecule has 0 aliphatic carbocycles. The molecule has 1 rings (SSSR count). The molecule has 0 aliphatic rings. The molecule has 0 amide bonds. The first-order chi connectivity index (χ1) is 5.20. The van der Waals surface area contributed by atoms with E-state index in [1.807, 2.05) is 0 Å². The molecule has 1 N–H and O–H groups in total. The largest absolute Gasteiger partial charge is 0.480 e. The topological polar surface area (TPSA) is 72.2 Å². The van der Waals surface area contributed by atoms with Gasteiger partial charge in [0, 0.05) is 12.4 Å². The molecule has 58 valence electrons. The van der Waals surface area contributed by atoms with Crippen molar-refractivity contribution < 1.29 is 9.90 Å². The van der Waals surface area contributed by atoms with Crippen LogP contribution in [0.4, 0.5) is 0 Å². The number of hydrogen-bond acceptors (Lipinski definition) is 3. The molecule has 0 atom stereocenters. The van der Waals surface area contributed by atoms with Gasteiger partial charge in [0.1, 0.15) is 6.54 Å². The van der Waals surface area contributed by atoms with E-state index in [4.69, 9.17) is 5.11 Å². The molecule has 1 aromatic heterocycles. The molecule has 5 nitrogen and oxygen atoms in total. The first-order valence-corrected chi connectivity index (χ1v) is 2.92. The van der Waals surface area contributed by atoms with Crippen LogP contribution >= 0.6 is 0 Å². The van der Waals surface area contributed by atoms with Crippen LogP contribution in [-0.2, 0) is 11.3 Å². The second-order valence-electron chi connectivity index (χ2n) is 1.94. The minimum Gasteiger partial charge on any atom is -0.480 e. The molecular formula is C6H6N2O3. The molecular weight excluding hydrogens is 148 g/mol. The van der Waals surface area contributed by atoms with Gasteiger partial charge >= 0.3 is 5.97 Å². The van der Waals surface area contributed by atoms with Gasteiger partial charge in [0.2, 0.25) is 0 Å². The summed E-state index contributed by atoms with van der Waals surface area (Å²) in [6, 6.07) is 0. The van der Waals surface area contributed by atoms with Crippen LogP contribution in [0.2, 0.25) is 0 Å². The summed E-state index contributed by atoms with van der Waals surface area (Å²) in [6.45, 7) is -0.318. The summed E-state index contributed by atoms with van der Waals surface area (Å²) >= 11 is 0. The van der Waals surface area contributed by atoms with Gasteiger partial charge in [0.05, 0.1) is 6.20 Å². The molecule has 0 saturated heterocycles. The van der Waals surface area contributed by atoms with Crippen LogP contribution in [0.25, 0.3) is 0 Å². The van der Waals surface area contributed by atoms with Crippen LogP contribution in [0.15, 0.2) is 23.4 Å². The quantitative estimate of drug-likeness (QED) is 0.613. The smallest absolute Gasteiger partial charge is 0.323 e. The standard InChI is InChI=1S/C6H6N2O3/c9-5-3-7-1-2-8(5)4-6(10)11/h1-3H,4H2,(H,10,11). The molecule has 0 fully saturated rings. The fraction of sp³-hybridized carbons (Fsp3) is 0.167. The average molecular weight is 154 g/mol. The van der Waals surface area contributed by atoms with Crippen molar-refractivity contribution in [2.45, 2.75) is 6.54 Å². The maximum atomic E-state index is 10.8. The molecule has 0 spiro atoms. The number of carboxylic acid groups (broad SMARTS) is 1. The second-order valence-corrected chi connectivity index (χ2v) is 1.94. The van der Waals surface area contributed by atoms with Crippen molar-refractivity contribution in [2.24, 2.45) is 0 Å². The Kier molecular flexibility index (Phi) is 2.00. The third kappa shape index (κ3) is 1.89. The van der Waals surface area contributed by atoms with E-state index in [1.54, 1.807) is 0 Å². The molecule has 0 bridgehead atoms. The number of carboxylic acids is 1.